The van der Waals surface area contributed by atoms with E-state index in [1.165, 1.54) is 12.1 Å². The highest BCUT2D eigenvalue weighted by Gasteiger charge is 2.01. The average molecular weight is 397 g/mol. The van der Waals surface area contributed by atoms with Gasteiger partial charge in [-0.2, -0.15) is 0 Å². The predicted octanol–water partition coefficient (Wildman–Crippen LogP) is 4.29. The lowest BCUT2D eigenvalue weighted by molar-refractivity contribution is 0.306. The van der Waals surface area contributed by atoms with Crippen molar-refractivity contribution in [3.05, 3.63) is 83.8 Å². The van der Waals surface area contributed by atoms with Gasteiger partial charge in [0.2, 0.25) is 5.88 Å². The fourth-order valence-corrected chi connectivity index (χ4v) is 2.57. The highest BCUT2D eigenvalue weighted by Crippen LogP contribution is 2.15. The molecule has 0 saturated heterocycles. The fraction of sp³-hybridized carbons (Fsp3) is 0.143. The number of methoxy groups -OCH3 is 1. The van der Waals surface area contributed by atoms with Crippen LogP contribution in [0.3, 0.4) is 0 Å². The third-order valence-electron chi connectivity index (χ3n) is 3.90. The predicted molar refractivity (Wildman–Crippen MR) is 111 cm³/mol. The quantitative estimate of drug-likeness (QED) is 0.580. The second-order valence-electron chi connectivity index (χ2n) is 5.96. The summed E-state index contributed by atoms with van der Waals surface area (Å²) in [5.74, 6) is 1.04. The number of nitrogens with zero attached hydrogens (tertiary/aromatic N) is 1. The van der Waals surface area contributed by atoms with E-state index in [1.807, 2.05) is 30.3 Å². The molecule has 28 heavy (non-hydrogen) atoms. The molecule has 0 saturated carbocycles. The Labute approximate surface area is 168 Å². The smallest absolute Gasteiger partial charge is 0.213 e. The molecule has 3 rings (SSSR count). The number of rotatable bonds is 7. The maximum atomic E-state index is 12.9. The van der Waals surface area contributed by atoms with Crippen LogP contribution in [0.15, 0.2) is 66.9 Å². The number of nitrogens with one attached hydrogen (secondary N) is 2. The first-order valence-corrected chi connectivity index (χ1v) is 9.04. The van der Waals surface area contributed by atoms with Crippen LogP contribution in [0.1, 0.15) is 11.1 Å². The first-order chi connectivity index (χ1) is 13.6. The number of thiocarbonyl (C=S) groups is 1. The summed E-state index contributed by atoms with van der Waals surface area (Å²) in [5.41, 5.74) is 2.76. The Morgan fingerprint density at radius 3 is 2.36 bits per heavy atom. The molecule has 2 aromatic carbocycles. The summed E-state index contributed by atoms with van der Waals surface area (Å²) in [6.07, 6.45) is 1.65. The van der Waals surface area contributed by atoms with Crippen LogP contribution in [0.25, 0.3) is 0 Å². The van der Waals surface area contributed by atoms with Gasteiger partial charge >= 0.3 is 0 Å². The van der Waals surface area contributed by atoms with Crippen molar-refractivity contribution in [2.75, 3.05) is 12.4 Å². The summed E-state index contributed by atoms with van der Waals surface area (Å²) in [7, 11) is 1.57. The Morgan fingerprint density at radius 1 is 1.00 bits per heavy atom. The summed E-state index contributed by atoms with van der Waals surface area (Å²) >= 11 is 5.29. The van der Waals surface area contributed by atoms with Crippen LogP contribution in [0.2, 0.25) is 0 Å². The maximum Gasteiger partial charge on any atom is 0.213 e. The molecule has 0 radical (unpaired) electrons. The molecule has 1 heterocycles. The lowest BCUT2D eigenvalue weighted by Gasteiger charge is -2.11. The number of anilines is 1. The van der Waals surface area contributed by atoms with Crippen LogP contribution in [0.4, 0.5) is 10.1 Å². The zero-order chi connectivity index (χ0) is 19.8. The maximum absolute atomic E-state index is 12.9. The van der Waals surface area contributed by atoms with Crippen LogP contribution < -0.4 is 20.1 Å². The molecule has 144 valence electrons. The van der Waals surface area contributed by atoms with Crippen LogP contribution >= 0.6 is 12.2 Å². The minimum atomic E-state index is -0.253. The van der Waals surface area contributed by atoms with Gasteiger partial charge in [0, 0.05) is 12.6 Å². The van der Waals surface area contributed by atoms with Gasteiger partial charge in [0.25, 0.3) is 0 Å². The van der Waals surface area contributed by atoms with E-state index in [0.29, 0.717) is 24.1 Å². The largest absolute Gasteiger partial charge is 0.489 e. The topological polar surface area (TPSA) is 55.4 Å². The first kappa shape index (κ1) is 19.6. The van der Waals surface area contributed by atoms with Gasteiger partial charge in [-0.3, -0.25) is 0 Å². The Balaban J connectivity index is 1.44. The Morgan fingerprint density at radius 2 is 1.71 bits per heavy atom. The Bertz CT molecular complexity index is 900. The van der Waals surface area contributed by atoms with Gasteiger partial charge < -0.3 is 20.1 Å². The van der Waals surface area contributed by atoms with Crippen LogP contribution in [-0.2, 0) is 13.2 Å². The van der Waals surface area contributed by atoms with Gasteiger partial charge in [0.05, 0.1) is 19.0 Å². The number of halogens is 1. The molecule has 0 bridgehead atoms. The lowest BCUT2D eigenvalue weighted by Crippen LogP contribution is -2.27. The second kappa shape index (κ2) is 9.66. The molecule has 3 aromatic rings. The molecular weight excluding hydrogens is 377 g/mol. The molecule has 2 N–H and O–H groups in total. The number of aromatic nitrogens is 1. The average Bonchev–Trinajstić information content (AvgIpc) is 2.73. The van der Waals surface area contributed by atoms with E-state index in [4.69, 9.17) is 21.7 Å². The van der Waals surface area contributed by atoms with Crippen molar-refractivity contribution < 1.29 is 13.9 Å². The van der Waals surface area contributed by atoms with Gasteiger partial charge in [-0.15, -0.1) is 0 Å². The van der Waals surface area contributed by atoms with E-state index in [9.17, 15) is 4.39 Å². The monoisotopic (exact) mass is 397 g/mol. The summed E-state index contributed by atoms with van der Waals surface area (Å²) in [6, 6.07) is 17.6. The van der Waals surface area contributed by atoms with E-state index < -0.39 is 0 Å². The first-order valence-electron chi connectivity index (χ1n) is 8.63. The second-order valence-corrected chi connectivity index (χ2v) is 6.36. The molecule has 0 fully saturated rings. The van der Waals surface area contributed by atoms with E-state index in [0.717, 1.165) is 22.6 Å². The third-order valence-corrected chi connectivity index (χ3v) is 4.14. The molecular formula is C21H20FN3O2S. The molecule has 0 amide bonds. The van der Waals surface area contributed by atoms with Crippen LogP contribution in [0.5, 0.6) is 11.6 Å². The number of benzene rings is 2. The van der Waals surface area contributed by atoms with E-state index in [2.05, 4.69) is 15.6 Å². The molecule has 0 aliphatic carbocycles. The minimum absolute atomic E-state index is 0.253. The van der Waals surface area contributed by atoms with Crippen molar-refractivity contribution >= 4 is 23.0 Å². The number of pyridine rings is 1. The Kier molecular flexibility index (Phi) is 6.75. The summed E-state index contributed by atoms with van der Waals surface area (Å²) in [4.78, 5) is 4.12. The van der Waals surface area contributed by atoms with Gasteiger partial charge in [-0.25, -0.2) is 9.37 Å². The van der Waals surface area contributed by atoms with Crippen molar-refractivity contribution in [3.8, 4) is 11.6 Å². The SMILES string of the molecule is COc1ccc(NC(=S)NCc2ccc(OCc3ccc(F)cc3)cc2)cn1. The summed E-state index contributed by atoms with van der Waals surface area (Å²) < 4.78 is 23.6. The van der Waals surface area contributed by atoms with Crippen molar-refractivity contribution in [2.45, 2.75) is 13.2 Å². The molecule has 0 aliphatic rings. The third kappa shape index (κ3) is 5.92. The van der Waals surface area contributed by atoms with Gasteiger partial charge in [0.1, 0.15) is 18.2 Å². The fourth-order valence-electron chi connectivity index (χ4n) is 2.38. The normalized spacial score (nSPS) is 10.2. The molecule has 7 heteroatoms. The van der Waals surface area contributed by atoms with Crippen LogP contribution in [-0.4, -0.2) is 17.2 Å². The highest BCUT2D eigenvalue weighted by atomic mass is 32.1. The van der Waals surface area contributed by atoms with Gasteiger partial charge in [-0.1, -0.05) is 24.3 Å². The number of ether oxygens (including phenoxy) is 2. The molecule has 5 nitrogen and oxygen atoms in total. The minimum Gasteiger partial charge on any atom is -0.489 e. The Hall–Kier alpha value is -3.19. The highest BCUT2D eigenvalue weighted by molar-refractivity contribution is 7.80. The molecule has 0 spiro atoms. The number of hydrogen-bond acceptors (Lipinski definition) is 4. The van der Waals surface area contributed by atoms with E-state index in [1.54, 1.807) is 31.5 Å². The van der Waals surface area contributed by atoms with E-state index >= 15 is 0 Å². The zero-order valence-electron chi connectivity index (χ0n) is 15.3. The summed E-state index contributed by atoms with van der Waals surface area (Å²) in [5, 5.41) is 6.72. The van der Waals surface area contributed by atoms with Crippen molar-refractivity contribution in [3.63, 3.8) is 0 Å². The molecule has 0 atom stereocenters. The van der Waals surface area contributed by atoms with Gasteiger partial charge in [0.15, 0.2) is 5.11 Å². The molecule has 0 aliphatic heterocycles. The molecule has 1 aromatic heterocycles. The van der Waals surface area contributed by atoms with Crippen molar-refractivity contribution in [2.24, 2.45) is 0 Å². The standard InChI is InChI=1S/C21H20FN3O2S/c1-26-20-11-8-18(13-23-20)25-21(28)24-12-15-4-9-19(10-5-15)27-14-16-2-6-17(22)7-3-16/h2-11,13H,12,14H2,1H3,(H2,24,25,28). The van der Waals surface area contributed by atoms with Crippen LogP contribution in [0, 0.1) is 5.82 Å². The number of hydrogen-bond donors (Lipinski definition) is 2. The zero-order valence-corrected chi connectivity index (χ0v) is 16.1. The van der Waals surface area contributed by atoms with E-state index in [-0.39, 0.29) is 5.82 Å². The summed E-state index contributed by atoms with van der Waals surface area (Å²) in [6.45, 7) is 0.968. The molecule has 0 unspecified atom stereocenters. The van der Waals surface area contributed by atoms with Crippen molar-refractivity contribution in [1.82, 2.24) is 10.3 Å². The van der Waals surface area contributed by atoms with Gasteiger partial charge in [-0.05, 0) is 53.7 Å². The lowest BCUT2D eigenvalue weighted by atomic mass is 10.2. The van der Waals surface area contributed by atoms with Crippen molar-refractivity contribution in [1.29, 1.82) is 0 Å².